The van der Waals surface area contributed by atoms with Gasteiger partial charge in [-0.05, 0) is 29.8 Å². The van der Waals surface area contributed by atoms with E-state index in [1.54, 1.807) is 36.5 Å². The number of aromatic nitrogens is 4. The molecule has 0 spiro atoms. The smallest absolute Gasteiger partial charge is 0.207 e. The molecule has 8 heteroatoms. The summed E-state index contributed by atoms with van der Waals surface area (Å²) in [6, 6.07) is 11.3. The van der Waals surface area contributed by atoms with Crippen LogP contribution in [0.25, 0.3) is 10.9 Å². The molecule has 0 aliphatic rings. The molecule has 6 nitrogen and oxygen atoms in total. The van der Waals surface area contributed by atoms with E-state index in [0.717, 1.165) is 11.1 Å². The maximum atomic E-state index is 13.2. The fourth-order valence-electron chi connectivity index (χ4n) is 3.07. The number of nitrogens with one attached hydrogen (secondary N) is 1. The molecule has 0 aliphatic heterocycles. The minimum atomic E-state index is -0.434. The Hall–Kier alpha value is -3.32. The van der Waals surface area contributed by atoms with Crippen LogP contribution in [0.5, 0.6) is 0 Å². The number of carbonyl (C=O) groups excluding carboxylic acids is 2. The van der Waals surface area contributed by atoms with E-state index in [2.05, 4.69) is 15.2 Å². The van der Waals surface area contributed by atoms with Crippen molar-refractivity contribution < 1.29 is 14.0 Å². The molecule has 2 aromatic carbocycles. The van der Waals surface area contributed by atoms with Gasteiger partial charge >= 0.3 is 0 Å². The number of carbonyl (C=O) groups is 2. The molecule has 2 heterocycles. The number of halogens is 2. The lowest BCUT2D eigenvalue weighted by atomic mass is 10.0. The Morgan fingerprint density at radius 2 is 1.89 bits per heavy atom. The third-order valence-electron chi connectivity index (χ3n) is 4.41. The van der Waals surface area contributed by atoms with E-state index in [9.17, 15) is 14.0 Å². The minimum absolute atomic E-state index is 0.0476. The number of rotatable bonds is 6. The molecule has 0 radical (unpaired) electrons. The Balaban J connectivity index is 1.69. The summed E-state index contributed by atoms with van der Waals surface area (Å²) >= 11 is 6.13. The standard InChI is InChI=1S/C20H14ClFN4O2/c21-13-3-6-15-16(18(27)8-19(28)20-23-11-24-25-20)10-26(17(15)7-13)9-12-1-4-14(22)5-2-12/h1-7,10-11H,8-9H2,(H,23,24,25). The Kier molecular flexibility index (Phi) is 4.75. The number of benzene rings is 2. The molecular formula is C20H14ClFN4O2. The molecular weight excluding hydrogens is 383 g/mol. The van der Waals surface area contributed by atoms with Crippen molar-refractivity contribution in [3.63, 3.8) is 0 Å². The first-order valence-electron chi connectivity index (χ1n) is 8.46. The Labute approximate surface area is 164 Å². The van der Waals surface area contributed by atoms with Gasteiger partial charge in [-0.3, -0.25) is 14.7 Å². The van der Waals surface area contributed by atoms with Gasteiger partial charge in [0.25, 0.3) is 0 Å². The predicted molar refractivity (Wildman–Crippen MR) is 102 cm³/mol. The highest BCUT2D eigenvalue weighted by Crippen LogP contribution is 2.27. The number of nitrogens with zero attached hydrogens (tertiary/aromatic N) is 3. The molecule has 1 N–H and O–H groups in total. The van der Waals surface area contributed by atoms with E-state index in [1.807, 2.05) is 4.57 Å². The molecule has 0 aliphatic carbocycles. The first-order valence-corrected chi connectivity index (χ1v) is 8.83. The second-order valence-electron chi connectivity index (χ2n) is 6.32. The molecule has 0 unspecified atom stereocenters. The average molecular weight is 397 g/mol. The van der Waals surface area contributed by atoms with Gasteiger partial charge in [0.15, 0.2) is 11.6 Å². The number of H-pyrrole nitrogens is 1. The van der Waals surface area contributed by atoms with Crippen LogP contribution in [0.1, 0.15) is 33.0 Å². The largest absolute Gasteiger partial charge is 0.342 e. The van der Waals surface area contributed by atoms with Crippen LogP contribution in [-0.4, -0.2) is 31.3 Å². The van der Waals surface area contributed by atoms with Crippen LogP contribution in [0.3, 0.4) is 0 Å². The zero-order valence-corrected chi connectivity index (χ0v) is 15.3. The van der Waals surface area contributed by atoms with Crippen molar-refractivity contribution in [1.82, 2.24) is 19.7 Å². The van der Waals surface area contributed by atoms with Crippen molar-refractivity contribution in [1.29, 1.82) is 0 Å². The quantitative estimate of drug-likeness (QED) is 0.393. The minimum Gasteiger partial charge on any atom is -0.342 e. The van der Waals surface area contributed by atoms with Crippen LogP contribution in [-0.2, 0) is 6.54 Å². The van der Waals surface area contributed by atoms with E-state index in [-0.39, 0.29) is 23.8 Å². The fourth-order valence-corrected chi connectivity index (χ4v) is 3.24. The van der Waals surface area contributed by atoms with Crippen LogP contribution >= 0.6 is 11.6 Å². The van der Waals surface area contributed by atoms with Crippen LogP contribution < -0.4 is 0 Å². The number of Topliss-reactive ketones (excluding diaryl/α,β-unsaturated/α-hetero) is 2. The van der Waals surface area contributed by atoms with Crippen molar-refractivity contribution in [3.8, 4) is 0 Å². The lowest BCUT2D eigenvalue weighted by Gasteiger charge is -2.06. The Morgan fingerprint density at radius 3 is 2.61 bits per heavy atom. The number of fused-ring (bicyclic) bond motifs is 1. The summed E-state index contributed by atoms with van der Waals surface area (Å²) in [5.41, 5.74) is 2.05. The third kappa shape index (κ3) is 3.57. The number of hydrogen-bond acceptors (Lipinski definition) is 4. The fraction of sp³-hybridized carbons (Fsp3) is 0.100. The van der Waals surface area contributed by atoms with Crippen LogP contribution in [0.2, 0.25) is 5.02 Å². The summed E-state index contributed by atoms with van der Waals surface area (Å²) in [4.78, 5) is 28.8. The van der Waals surface area contributed by atoms with E-state index in [0.29, 0.717) is 22.5 Å². The molecule has 0 amide bonds. The SMILES string of the molecule is O=C(CC(=O)c1cn(Cc2ccc(F)cc2)c2cc(Cl)ccc12)c1ncn[nH]1. The maximum Gasteiger partial charge on any atom is 0.207 e. The number of aromatic amines is 1. The molecule has 0 fully saturated rings. The highest BCUT2D eigenvalue weighted by molar-refractivity contribution is 6.31. The first kappa shape index (κ1) is 18.1. The summed E-state index contributed by atoms with van der Waals surface area (Å²) in [6.45, 7) is 0.431. The van der Waals surface area contributed by atoms with Gasteiger partial charge in [-0.2, -0.15) is 5.10 Å². The normalized spacial score (nSPS) is 11.1. The zero-order chi connectivity index (χ0) is 19.7. The van der Waals surface area contributed by atoms with Gasteiger partial charge in [0, 0.05) is 28.7 Å². The number of hydrogen-bond donors (Lipinski definition) is 1. The van der Waals surface area contributed by atoms with Crippen molar-refractivity contribution in [2.24, 2.45) is 0 Å². The van der Waals surface area contributed by atoms with Crippen molar-refractivity contribution in [3.05, 3.63) is 82.8 Å². The Morgan fingerprint density at radius 1 is 1.11 bits per heavy atom. The van der Waals surface area contributed by atoms with Crippen LogP contribution in [0.15, 0.2) is 55.0 Å². The maximum absolute atomic E-state index is 13.2. The molecule has 0 saturated carbocycles. The first-order chi connectivity index (χ1) is 13.5. The summed E-state index contributed by atoms with van der Waals surface area (Å²) in [5, 5.41) is 7.32. The predicted octanol–water partition coefficient (Wildman–Crippen LogP) is 4.06. The number of ketones is 2. The van der Waals surface area contributed by atoms with E-state index in [4.69, 9.17) is 11.6 Å². The summed E-state index contributed by atoms with van der Waals surface area (Å²) in [5.74, 6) is -1.03. The van der Waals surface area contributed by atoms with Crippen LogP contribution in [0.4, 0.5) is 4.39 Å². The molecule has 0 bridgehead atoms. The summed E-state index contributed by atoms with van der Waals surface area (Å²) in [6.07, 6.45) is 2.59. The summed E-state index contributed by atoms with van der Waals surface area (Å²) < 4.78 is 15.0. The highest BCUT2D eigenvalue weighted by atomic mass is 35.5. The topological polar surface area (TPSA) is 80.6 Å². The van der Waals surface area contributed by atoms with Gasteiger partial charge in [-0.25, -0.2) is 9.37 Å². The zero-order valence-electron chi connectivity index (χ0n) is 14.5. The Bertz CT molecular complexity index is 1170. The van der Waals surface area contributed by atoms with Gasteiger partial charge in [0.2, 0.25) is 5.78 Å². The third-order valence-corrected chi connectivity index (χ3v) is 4.65. The summed E-state index contributed by atoms with van der Waals surface area (Å²) in [7, 11) is 0. The molecule has 0 saturated heterocycles. The van der Waals surface area contributed by atoms with Gasteiger partial charge in [0.05, 0.1) is 11.9 Å². The average Bonchev–Trinajstić information content (AvgIpc) is 3.32. The lowest BCUT2D eigenvalue weighted by molar-refractivity contribution is 0.0889. The van der Waals surface area contributed by atoms with Crippen molar-refractivity contribution in [2.75, 3.05) is 0 Å². The van der Waals surface area contributed by atoms with E-state index < -0.39 is 5.78 Å². The van der Waals surface area contributed by atoms with E-state index >= 15 is 0 Å². The lowest BCUT2D eigenvalue weighted by Crippen LogP contribution is -2.10. The van der Waals surface area contributed by atoms with Crippen molar-refractivity contribution in [2.45, 2.75) is 13.0 Å². The monoisotopic (exact) mass is 396 g/mol. The van der Waals surface area contributed by atoms with Crippen LogP contribution in [0, 0.1) is 5.82 Å². The highest BCUT2D eigenvalue weighted by Gasteiger charge is 2.20. The molecule has 4 rings (SSSR count). The molecule has 4 aromatic rings. The van der Waals surface area contributed by atoms with E-state index in [1.165, 1.54) is 18.5 Å². The molecule has 0 atom stereocenters. The van der Waals surface area contributed by atoms with Gasteiger partial charge in [-0.1, -0.05) is 29.8 Å². The van der Waals surface area contributed by atoms with Gasteiger partial charge < -0.3 is 4.57 Å². The van der Waals surface area contributed by atoms with Gasteiger partial charge in [-0.15, -0.1) is 0 Å². The molecule has 2 aromatic heterocycles. The second kappa shape index (κ2) is 7.36. The molecule has 140 valence electrons. The second-order valence-corrected chi connectivity index (χ2v) is 6.75. The van der Waals surface area contributed by atoms with Crippen molar-refractivity contribution >= 4 is 34.1 Å². The molecule has 28 heavy (non-hydrogen) atoms. The van der Waals surface area contributed by atoms with Gasteiger partial charge in [0.1, 0.15) is 12.1 Å².